The highest BCUT2D eigenvalue weighted by Gasteiger charge is 2.16. The van der Waals surface area contributed by atoms with Gasteiger partial charge in [0.05, 0.1) is 4.34 Å². The monoisotopic (exact) mass is 298 g/mol. The molecule has 6 heteroatoms. The fourth-order valence-corrected chi connectivity index (χ4v) is 2.74. The maximum atomic E-state index is 11.9. The standard InChI is InChI=1S/C13H15ClN2O2S/c1-9(16-6-2-3-7-16)13(18)15-8-10(17)11-4-5-12(14)19-11/h2-7,9-10,17H,8H2,1H3,(H,15,18). The average molecular weight is 299 g/mol. The zero-order valence-corrected chi connectivity index (χ0v) is 12.0. The molecular formula is C13H15ClN2O2S. The molecule has 2 unspecified atom stereocenters. The van der Waals surface area contributed by atoms with Crippen LogP contribution in [0, 0.1) is 0 Å². The van der Waals surface area contributed by atoms with Crippen LogP contribution in [0.4, 0.5) is 0 Å². The summed E-state index contributed by atoms with van der Waals surface area (Å²) in [5.41, 5.74) is 0. The van der Waals surface area contributed by atoms with E-state index in [1.807, 2.05) is 36.0 Å². The van der Waals surface area contributed by atoms with Crippen molar-refractivity contribution in [2.75, 3.05) is 6.54 Å². The van der Waals surface area contributed by atoms with Crippen LogP contribution in [-0.4, -0.2) is 22.1 Å². The smallest absolute Gasteiger partial charge is 0.242 e. The van der Waals surface area contributed by atoms with Gasteiger partial charge in [-0.15, -0.1) is 11.3 Å². The third-order valence-electron chi connectivity index (χ3n) is 2.85. The van der Waals surface area contributed by atoms with Crippen molar-refractivity contribution in [3.63, 3.8) is 0 Å². The molecular weight excluding hydrogens is 284 g/mol. The molecule has 2 aromatic heterocycles. The number of carbonyl (C=O) groups excluding carboxylic acids is 1. The van der Waals surface area contributed by atoms with E-state index in [1.54, 1.807) is 12.1 Å². The number of aromatic nitrogens is 1. The second kappa shape index (κ2) is 6.23. The first-order valence-corrected chi connectivity index (χ1v) is 7.11. The van der Waals surface area contributed by atoms with Crippen molar-refractivity contribution in [3.05, 3.63) is 45.9 Å². The number of nitrogens with zero attached hydrogens (tertiary/aromatic N) is 1. The molecule has 2 rings (SSSR count). The van der Waals surface area contributed by atoms with E-state index in [1.165, 1.54) is 11.3 Å². The van der Waals surface area contributed by atoms with Gasteiger partial charge in [0.2, 0.25) is 5.91 Å². The van der Waals surface area contributed by atoms with Gasteiger partial charge in [0.1, 0.15) is 12.1 Å². The maximum Gasteiger partial charge on any atom is 0.242 e. The van der Waals surface area contributed by atoms with Gasteiger partial charge in [-0.3, -0.25) is 4.79 Å². The molecule has 0 aliphatic carbocycles. The Hall–Kier alpha value is -1.30. The number of amides is 1. The van der Waals surface area contributed by atoms with Crippen molar-refractivity contribution in [3.8, 4) is 0 Å². The van der Waals surface area contributed by atoms with Crippen LogP contribution in [-0.2, 0) is 4.79 Å². The average Bonchev–Trinajstić information content (AvgIpc) is 3.05. The van der Waals surface area contributed by atoms with E-state index in [0.717, 1.165) is 4.88 Å². The minimum atomic E-state index is -0.724. The van der Waals surface area contributed by atoms with Crippen molar-refractivity contribution in [2.24, 2.45) is 0 Å². The van der Waals surface area contributed by atoms with Crippen LogP contribution < -0.4 is 5.32 Å². The first-order chi connectivity index (χ1) is 9.08. The van der Waals surface area contributed by atoms with E-state index >= 15 is 0 Å². The van der Waals surface area contributed by atoms with Crippen LogP contribution in [0.1, 0.15) is 23.9 Å². The van der Waals surface area contributed by atoms with Crippen LogP contribution in [0.5, 0.6) is 0 Å². The third-order valence-corrected chi connectivity index (χ3v) is 4.18. The van der Waals surface area contributed by atoms with Crippen LogP contribution in [0.3, 0.4) is 0 Å². The highest BCUT2D eigenvalue weighted by atomic mass is 35.5. The number of carbonyl (C=O) groups is 1. The topological polar surface area (TPSA) is 54.3 Å². The number of rotatable bonds is 5. The van der Waals surface area contributed by atoms with Gasteiger partial charge in [0.25, 0.3) is 0 Å². The van der Waals surface area contributed by atoms with Gasteiger partial charge >= 0.3 is 0 Å². The minimum absolute atomic E-state index is 0.127. The summed E-state index contributed by atoms with van der Waals surface area (Å²) in [5.74, 6) is -0.127. The van der Waals surface area contributed by atoms with Crippen LogP contribution in [0.15, 0.2) is 36.7 Å². The molecule has 0 fully saturated rings. The van der Waals surface area contributed by atoms with Gasteiger partial charge in [-0.25, -0.2) is 0 Å². The number of nitrogens with one attached hydrogen (secondary N) is 1. The van der Waals surface area contributed by atoms with E-state index in [-0.39, 0.29) is 18.5 Å². The number of hydrogen-bond acceptors (Lipinski definition) is 3. The summed E-state index contributed by atoms with van der Waals surface area (Å²) in [6.07, 6.45) is 2.94. The summed E-state index contributed by atoms with van der Waals surface area (Å²) >= 11 is 7.11. The van der Waals surface area contributed by atoms with Crippen molar-refractivity contribution in [2.45, 2.75) is 19.1 Å². The van der Waals surface area contributed by atoms with Crippen LogP contribution in [0.2, 0.25) is 4.34 Å². The highest BCUT2D eigenvalue weighted by molar-refractivity contribution is 7.16. The molecule has 102 valence electrons. The molecule has 0 bridgehead atoms. The Bertz CT molecular complexity index is 539. The van der Waals surface area contributed by atoms with Gasteiger partial charge in [-0.05, 0) is 31.2 Å². The van der Waals surface area contributed by atoms with E-state index in [4.69, 9.17) is 11.6 Å². The molecule has 2 heterocycles. The molecule has 0 spiro atoms. The molecule has 4 nitrogen and oxygen atoms in total. The van der Waals surface area contributed by atoms with Crippen molar-refractivity contribution < 1.29 is 9.90 Å². The fraction of sp³-hybridized carbons (Fsp3) is 0.308. The maximum absolute atomic E-state index is 11.9. The predicted octanol–water partition coefficient (Wildman–Crippen LogP) is 2.61. The molecule has 0 saturated heterocycles. The highest BCUT2D eigenvalue weighted by Crippen LogP contribution is 2.26. The molecule has 2 atom stereocenters. The van der Waals surface area contributed by atoms with Crippen molar-refractivity contribution in [1.29, 1.82) is 0 Å². The second-order valence-electron chi connectivity index (χ2n) is 4.21. The first kappa shape index (κ1) is 14.1. The van der Waals surface area contributed by atoms with Crippen molar-refractivity contribution >= 4 is 28.8 Å². The number of thiophene rings is 1. The molecule has 2 aromatic rings. The fourth-order valence-electron chi connectivity index (χ4n) is 1.69. The third kappa shape index (κ3) is 3.59. The summed E-state index contributed by atoms with van der Waals surface area (Å²) in [7, 11) is 0. The molecule has 2 N–H and O–H groups in total. The molecule has 0 aliphatic heterocycles. The Morgan fingerprint density at radius 2 is 2.16 bits per heavy atom. The molecule has 0 aliphatic rings. The van der Waals surface area contributed by atoms with Crippen LogP contribution in [0.25, 0.3) is 0 Å². The lowest BCUT2D eigenvalue weighted by Crippen LogP contribution is -2.33. The summed E-state index contributed by atoms with van der Waals surface area (Å²) in [6.45, 7) is 1.99. The van der Waals surface area contributed by atoms with E-state index in [2.05, 4.69) is 5.32 Å². The Kier molecular flexibility index (Phi) is 4.63. The Labute approximate surface area is 120 Å². The molecule has 0 aromatic carbocycles. The van der Waals surface area contributed by atoms with Gasteiger partial charge < -0.3 is 15.0 Å². The largest absolute Gasteiger partial charge is 0.386 e. The summed E-state index contributed by atoms with van der Waals surface area (Å²) in [6, 6.07) is 6.93. The summed E-state index contributed by atoms with van der Waals surface area (Å²) < 4.78 is 2.44. The van der Waals surface area contributed by atoms with E-state index in [0.29, 0.717) is 4.34 Å². The van der Waals surface area contributed by atoms with Gasteiger partial charge in [-0.2, -0.15) is 0 Å². The first-order valence-electron chi connectivity index (χ1n) is 5.91. The number of aliphatic hydroxyl groups excluding tert-OH is 1. The predicted molar refractivity (Wildman–Crippen MR) is 76.4 cm³/mol. The quantitative estimate of drug-likeness (QED) is 0.891. The second-order valence-corrected chi connectivity index (χ2v) is 5.96. The lowest BCUT2D eigenvalue weighted by atomic mass is 10.2. The lowest BCUT2D eigenvalue weighted by Gasteiger charge is -2.15. The Morgan fingerprint density at radius 1 is 1.47 bits per heavy atom. The lowest BCUT2D eigenvalue weighted by molar-refractivity contribution is -0.124. The SMILES string of the molecule is CC(C(=O)NCC(O)c1ccc(Cl)s1)n1cccc1. The molecule has 1 amide bonds. The number of aliphatic hydroxyl groups is 1. The molecule has 0 saturated carbocycles. The van der Waals surface area contributed by atoms with E-state index in [9.17, 15) is 9.90 Å². The molecule has 0 radical (unpaired) electrons. The van der Waals surface area contributed by atoms with Crippen molar-refractivity contribution in [1.82, 2.24) is 9.88 Å². The zero-order valence-electron chi connectivity index (χ0n) is 10.4. The minimum Gasteiger partial charge on any atom is -0.386 e. The molecule has 19 heavy (non-hydrogen) atoms. The Morgan fingerprint density at radius 3 is 2.74 bits per heavy atom. The normalized spacial score (nSPS) is 14.1. The Balaban J connectivity index is 1.86. The van der Waals surface area contributed by atoms with Gasteiger partial charge in [0, 0.05) is 23.8 Å². The van der Waals surface area contributed by atoms with Gasteiger partial charge in [-0.1, -0.05) is 11.6 Å². The van der Waals surface area contributed by atoms with E-state index < -0.39 is 6.10 Å². The number of halogens is 1. The number of hydrogen-bond donors (Lipinski definition) is 2. The summed E-state index contributed by atoms with van der Waals surface area (Å²) in [4.78, 5) is 12.7. The zero-order chi connectivity index (χ0) is 13.8. The van der Waals surface area contributed by atoms with Gasteiger partial charge in [0.15, 0.2) is 0 Å². The van der Waals surface area contributed by atoms with Crippen LogP contribution >= 0.6 is 22.9 Å². The summed E-state index contributed by atoms with van der Waals surface area (Å²) in [5, 5.41) is 12.7.